The molecule has 0 aromatic heterocycles. The topological polar surface area (TPSA) is 95.7 Å². The van der Waals surface area contributed by atoms with Gasteiger partial charge in [-0.1, -0.05) is 0 Å². The lowest BCUT2D eigenvalue weighted by Crippen LogP contribution is -2.49. The average Bonchev–Trinajstić information content (AvgIpc) is 1.99. The van der Waals surface area contributed by atoms with Gasteiger partial charge in [0.2, 0.25) is 0 Å². The highest BCUT2D eigenvalue weighted by Gasteiger charge is 2.08. The van der Waals surface area contributed by atoms with Crippen molar-refractivity contribution in [1.82, 2.24) is 10.4 Å². The molecule has 0 aliphatic carbocycles. The fraction of sp³-hybridized carbons (Fsp3) is 0.600. The highest BCUT2D eigenvalue weighted by atomic mass is 16.3. The number of carbonyl (C=O) groups is 2. The Hall–Kier alpha value is -1.30. The Balaban J connectivity index is 3.88. The molecule has 0 aromatic carbocycles. The van der Waals surface area contributed by atoms with E-state index in [0.717, 1.165) is 5.01 Å². The molecule has 0 saturated carbocycles. The van der Waals surface area contributed by atoms with Gasteiger partial charge in [-0.25, -0.2) is 9.80 Å². The number of hydrogen-bond acceptors (Lipinski definition) is 3. The maximum absolute atomic E-state index is 10.5. The lowest BCUT2D eigenvalue weighted by Gasteiger charge is -2.17. The second-order valence-corrected chi connectivity index (χ2v) is 1.78. The van der Waals surface area contributed by atoms with Crippen LogP contribution in [0.2, 0.25) is 0 Å². The minimum absolute atomic E-state index is 0.265. The molecule has 0 aliphatic heterocycles. The summed E-state index contributed by atoms with van der Waals surface area (Å²) in [7, 11) is 0. The number of nitrogens with two attached hydrogens (primary N) is 1. The van der Waals surface area contributed by atoms with Crippen molar-refractivity contribution in [3.05, 3.63) is 0 Å². The van der Waals surface area contributed by atoms with Crippen LogP contribution in [-0.2, 0) is 4.79 Å². The SMILES string of the molecule is CCN(NC(=O)CO)C(N)=O. The fourth-order valence-electron chi connectivity index (χ4n) is 0.476. The van der Waals surface area contributed by atoms with Crippen molar-refractivity contribution in [2.75, 3.05) is 13.2 Å². The van der Waals surface area contributed by atoms with E-state index >= 15 is 0 Å². The lowest BCUT2D eigenvalue weighted by atomic mass is 10.6. The molecular weight excluding hydrogens is 150 g/mol. The summed E-state index contributed by atoms with van der Waals surface area (Å²) in [6.07, 6.45) is 0. The van der Waals surface area contributed by atoms with Crippen LogP contribution in [0.5, 0.6) is 0 Å². The molecule has 0 rings (SSSR count). The van der Waals surface area contributed by atoms with E-state index in [9.17, 15) is 9.59 Å². The third kappa shape index (κ3) is 3.41. The minimum Gasteiger partial charge on any atom is -0.386 e. The Bertz CT molecular complexity index is 159. The number of amides is 3. The van der Waals surface area contributed by atoms with Crippen molar-refractivity contribution in [3.63, 3.8) is 0 Å². The number of carbonyl (C=O) groups excluding carboxylic acids is 2. The van der Waals surface area contributed by atoms with Crippen molar-refractivity contribution in [2.45, 2.75) is 6.92 Å². The minimum atomic E-state index is -0.755. The first-order valence-corrected chi connectivity index (χ1v) is 3.09. The molecule has 0 fully saturated rings. The van der Waals surface area contributed by atoms with Crippen molar-refractivity contribution < 1.29 is 14.7 Å². The van der Waals surface area contributed by atoms with Gasteiger partial charge in [-0.15, -0.1) is 0 Å². The molecule has 0 heterocycles. The van der Waals surface area contributed by atoms with Gasteiger partial charge in [-0.2, -0.15) is 0 Å². The van der Waals surface area contributed by atoms with Gasteiger partial charge in [0.05, 0.1) is 0 Å². The van der Waals surface area contributed by atoms with Gasteiger partial charge in [-0.05, 0) is 6.92 Å². The van der Waals surface area contributed by atoms with Crippen LogP contribution in [0.15, 0.2) is 0 Å². The van der Waals surface area contributed by atoms with Crippen LogP contribution in [0.25, 0.3) is 0 Å². The summed E-state index contributed by atoms with van der Waals surface area (Å²) < 4.78 is 0. The van der Waals surface area contributed by atoms with E-state index in [-0.39, 0.29) is 6.54 Å². The first-order chi connectivity index (χ1) is 5.11. The van der Waals surface area contributed by atoms with E-state index in [0.29, 0.717) is 0 Å². The Labute approximate surface area is 63.9 Å². The number of urea groups is 1. The van der Waals surface area contributed by atoms with Crippen LogP contribution in [-0.4, -0.2) is 35.2 Å². The zero-order valence-corrected chi connectivity index (χ0v) is 6.20. The van der Waals surface area contributed by atoms with Crippen LogP contribution < -0.4 is 11.2 Å². The number of hydrogen-bond donors (Lipinski definition) is 3. The number of hydrazine groups is 1. The third-order valence-electron chi connectivity index (χ3n) is 0.986. The molecule has 0 aliphatic rings. The summed E-state index contributed by atoms with van der Waals surface area (Å²) in [5.41, 5.74) is 6.93. The smallest absolute Gasteiger partial charge is 0.333 e. The monoisotopic (exact) mass is 161 g/mol. The quantitative estimate of drug-likeness (QED) is 0.426. The van der Waals surface area contributed by atoms with Gasteiger partial charge < -0.3 is 10.8 Å². The van der Waals surface area contributed by atoms with E-state index in [1.807, 2.05) is 0 Å². The summed E-state index contributed by atoms with van der Waals surface area (Å²) in [6.45, 7) is 1.24. The largest absolute Gasteiger partial charge is 0.386 e. The number of aliphatic hydroxyl groups is 1. The molecule has 0 saturated heterocycles. The highest BCUT2D eigenvalue weighted by molar-refractivity contribution is 5.80. The van der Waals surface area contributed by atoms with Gasteiger partial charge in [0.1, 0.15) is 6.61 Å². The normalized spacial score (nSPS) is 8.91. The van der Waals surface area contributed by atoms with Gasteiger partial charge in [0.25, 0.3) is 5.91 Å². The van der Waals surface area contributed by atoms with Crippen molar-refractivity contribution in [1.29, 1.82) is 0 Å². The molecular formula is C5H11N3O3. The maximum Gasteiger partial charge on any atom is 0.333 e. The van der Waals surface area contributed by atoms with Gasteiger partial charge >= 0.3 is 6.03 Å². The van der Waals surface area contributed by atoms with Crippen molar-refractivity contribution in [3.8, 4) is 0 Å². The van der Waals surface area contributed by atoms with Gasteiger partial charge in [0.15, 0.2) is 0 Å². The number of primary amides is 1. The Morgan fingerprint density at radius 3 is 2.45 bits per heavy atom. The average molecular weight is 161 g/mol. The summed E-state index contributed by atoms with van der Waals surface area (Å²) in [6, 6.07) is -0.755. The zero-order valence-electron chi connectivity index (χ0n) is 6.20. The number of nitrogens with zero attached hydrogens (tertiary/aromatic N) is 1. The van der Waals surface area contributed by atoms with Crippen LogP contribution in [0.3, 0.4) is 0 Å². The van der Waals surface area contributed by atoms with Crippen molar-refractivity contribution in [2.24, 2.45) is 5.73 Å². The Morgan fingerprint density at radius 2 is 2.18 bits per heavy atom. The van der Waals surface area contributed by atoms with Gasteiger partial charge in [-0.3, -0.25) is 10.2 Å². The molecule has 3 amide bonds. The molecule has 6 nitrogen and oxygen atoms in total. The van der Waals surface area contributed by atoms with Gasteiger partial charge in [0, 0.05) is 6.54 Å². The summed E-state index contributed by atoms with van der Waals surface area (Å²) in [5.74, 6) is -0.661. The number of aliphatic hydroxyl groups excluding tert-OH is 1. The van der Waals surface area contributed by atoms with E-state index < -0.39 is 18.5 Å². The van der Waals surface area contributed by atoms with Crippen LogP contribution >= 0.6 is 0 Å². The number of rotatable bonds is 2. The Morgan fingerprint density at radius 1 is 1.64 bits per heavy atom. The molecule has 0 bridgehead atoms. The second-order valence-electron chi connectivity index (χ2n) is 1.78. The molecule has 64 valence electrons. The molecule has 0 radical (unpaired) electrons. The van der Waals surface area contributed by atoms with Crippen LogP contribution in [0.4, 0.5) is 4.79 Å². The maximum atomic E-state index is 10.5. The predicted molar refractivity (Wildman–Crippen MR) is 37.2 cm³/mol. The zero-order chi connectivity index (χ0) is 8.85. The van der Waals surface area contributed by atoms with E-state index in [2.05, 4.69) is 5.43 Å². The van der Waals surface area contributed by atoms with Crippen LogP contribution in [0.1, 0.15) is 6.92 Å². The molecule has 0 atom stereocenters. The van der Waals surface area contributed by atoms with Crippen molar-refractivity contribution >= 4 is 11.9 Å². The predicted octanol–water partition coefficient (Wildman–Crippen LogP) is -1.59. The molecule has 6 heteroatoms. The lowest BCUT2D eigenvalue weighted by molar-refractivity contribution is -0.127. The second kappa shape index (κ2) is 4.51. The summed E-state index contributed by atoms with van der Waals surface area (Å²) in [4.78, 5) is 20.9. The van der Waals surface area contributed by atoms with E-state index in [1.165, 1.54) is 0 Å². The fourth-order valence-corrected chi connectivity index (χ4v) is 0.476. The molecule has 11 heavy (non-hydrogen) atoms. The van der Waals surface area contributed by atoms with Crippen LogP contribution in [0, 0.1) is 0 Å². The molecule has 4 N–H and O–H groups in total. The Kier molecular flexibility index (Phi) is 3.97. The number of nitrogens with one attached hydrogen (secondary N) is 1. The summed E-state index contributed by atoms with van der Waals surface area (Å²) >= 11 is 0. The summed E-state index contributed by atoms with van der Waals surface area (Å²) in [5, 5.41) is 9.17. The third-order valence-corrected chi connectivity index (χ3v) is 0.986. The molecule has 0 unspecified atom stereocenters. The molecule has 0 spiro atoms. The standard InChI is InChI=1S/C5H11N3O3/c1-2-8(5(6)11)7-4(10)3-9/h9H,2-3H2,1H3,(H2,6,11)(H,7,10). The first kappa shape index (κ1) is 9.70. The molecule has 0 aromatic rings. The van der Waals surface area contributed by atoms with E-state index in [1.54, 1.807) is 6.92 Å². The van der Waals surface area contributed by atoms with E-state index in [4.69, 9.17) is 10.8 Å². The first-order valence-electron chi connectivity index (χ1n) is 3.09. The highest BCUT2D eigenvalue weighted by Crippen LogP contribution is 1.79.